The molecule has 0 unspecified atom stereocenters. The molecule has 0 fully saturated rings. The minimum Gasteiger partial charge on any atom is -0.317 e. The average molecular weight is 487 g/mol. The molecule has 0 aliphatic carbocycles. The first kappa shape index (κ1) is 20.9. The van der Waals surface area contributed by atoms with Crippen molar-refractivity contribution in [2.24, 2.45) is 0 Å². The summed E-state index contributed by atoms with van der Waals surface area (Å²) in [6.07, 6.45) is 6.02. The van der Waals surface area contributed by atoms with Crippen molar-refractivity contribution in [2.75, 3.05) is 0 Å². The molecule has 0 spiro atoms. The van der Waals surface area contributed by atoms with E-state index in [0.29, 0.717) is 0 Å². The van der Waals surface area contributed by atoms with Crippen molar-refractivity contribution in [2.45, 2.75) is 0 Å². The molecule has 0 aliphatic rings. The van der Waals surface area contributed by atoms with Gasteiger partial charge in [0.1, 0.15) is 0 Å². The SMILES string of the molecule is c1ccc(-c2ncc(-n3c4ccccc4c4c5ccc6c(ccn6-c6ccccc6)c5ccc43)cn2)cc1. The van der Waals surface area contributed by atoms with Crippen molar-refractivity contribution < 1.29 is 0 Å². The Balaban J connectivity index is 1.37. The lowest BCUT2D eigenvalue weighted by molar-refractivity contribution is 1.08. The van der Waals surface area contributed by atoms with Crippen molar-refractivity contribution in [3.63, 3.8) is 0 Å². The van der Waals surface area contributed by atoms with Crippen LogP contribution in [0.3, 0.4) is 0 Å². The highest BCUT2D eigenvalue weighted by atomic mass is 15.0. The third kappa shape index (κ3) is 3.04. The summed E-state index contributed by atoms with van der Waals surface area (Å²) < 4.78 is 4.53. The van der Waals surface area contributed by atoms with Gasteiger partial charge in [-0.3, -0.25) is 0 Å². The molecule has 0 saturated heterocycles. The summed E-state index contributed by atoms with van der Waals surface area (Å²) in [6, 6.07) is 40.4. The van der Waals surface area contributed by atoms with E-state index in [-0.39, 0.29) is 0 Å². The summed E-state index contributed by atoms with van der Waals surface area (Å²) in [5.41, 5.74) is 6.63. The van der Waals surface area contributed by atoms with Crippen LogP contribution in [0.5, 0.6) is 0 Å². The van der Waals surface area contributed by atoms with E-state index in [1.807, 2.05) is 42.7 Å². The number of para-hydroxylation sites is 2. The summed E-state index contributed by atoms with van der Waals surface area (Å²) in [5, 5.41) is 6.23. The minimum atomic E-state index is 0.728. The Hall–Kier alpha value is -5.22. The Bertz CT molecular complexity index is 2100. The van der Waals surface area contributed by atoms with Crippen molar-refractivity contribution in [1.82, 2.24) is 19.1 Å². The first-order chi connectivity index (χ1) is 18.9. The lowest BCUT2D eigenvalue weighted by atomic mass is 10.0. The molecule has 0 saturated carbocycles. The van der Waals surface area contributed by atoms with Crippen molar-refractivity contribution in [1.29, 1.82) is 0 Å². The molecular weight excluding hydrogens is 464 g/mol. The van der Waals surface area contributed by atoms with Crippen molar-refractivity contribution in [3.8, 4) is 22.8 Å². The van der Waals surface area contributed by atoms with Gasteiger partial charge in [-0.05, 0) is 47.2 Å². The van der Waals surface area contributed by atoms with E-state index in [1.54, 1.807) is 0 Å². The third-order valence-electron chi connectivity index (χ3n) is 7.47. The summed E-state index contributed by atoms with van der Waals surface area (Å²) in [5.74, 6) is 0.728. The van der Waals surface area contributed by atoms with E-state index >= 15 is 0 Å². The summed E-state index contributed by atoms with van der Waals surface area (Å²) >= 11 is 0. The molecule has 8 rings (SSSR count). The quantitative estimate of drug-likeness (QED) is 0.252. The number of benzene rings is 5. The zero-order valence-electron chi connectivity index (χ0n) is 20.5. The molecule has 3 aromatic heterocycles. The number of nitrogens with zero attached hydrogens (tertiary/aromatic N) is 4. The van der Waals surface area contributed by atoms with Gasteiger partial charge in [-0.15, -0.1) is 0 Å². The van der Waals surface area contributed by atoms with Crippen LogP contribution in [0.4, 0.5) is 0 Å². The molecule has 3 heterocycles. The Morgan fingerprint density at radius 2 is 1.13 bits per heavy atom. The number of fused-ring (bicyclic) bond motifs is 7. The topological polar surface area (TPSA) is 35.6 Å². The van der Waals surface area contributed by atoms with Crippen LogP contribution >= 0.6 is 0 Å². The molecule has 0 N–H and O–H groups in total. The number of hydrogen-bond donors (Lipinski definition) is 0. The zero-order valence-corrected chi connectivity index (χ0v) is 20.5. The van der Waals surface area contributed by atoms with E-state index < -0.39 is 0 Å². The highest BCUT2D eigenvalue weighted by Gasteiger charge is 2.17. The van der Waals surface area contributed by atoms with Gasteiger partial charge in [0, 0.05) is 33.6 Å². The summed E-state index contributed by atoms with van der Waals surface area (Å²) in [7, 11) is 0. The first-order valence-electron chi connectivity index (χ1n) is 12.8. The fraction of sp³-hybridized carbons (Fsp3) is 0. The molecule has 4 heteroatoms. The Morgan fingerprint density at radius 3 is 1.95 bits per heavy atom. The fourth-order valence-electron chi connectivity index (χ4n) is 5.76. The second-order valence-electron chi connectivity index (χ2n) is 9.56. The maximum atomic E-state index is 4.72. The Labute approximate surface area is 219 Å². The standard InChI is InChI=1S/C34H22N4/c1-3-9-23(10-4-1)34-35-21-25(22-36-34)38-31-14-8-7-13-29(31)33-28-16-17-30-27(26(28)15-18-32(33)38)19-20-37(30)24-11-5-2-6-12-24/h1-22H. The fourth-order valence-corrected chi connectivity index (χ4v) is 5.76. The van der Waals surface area contributed by atoms with E-state index in [2.05, 4.69) is 100 Å². The van der Waals surface area contributed by atoms with Crippen LogP contribution < -0.4 is 0 Å². The van der Waals surface area contributed by atoms with Gasteiger partial charge in [0.05, 0.1) is 34.6 Å². The van der Waals surface area contributed by atoms with Gasteiger partial charge in [-0.25, -0.2) is 9.97 Å². The molecular formula is C34H22N4. The van der Waals surface area contributed by atoms with Crippen LogP contribution in [0.1, 0.15) is 0 Å². The monoisotopic (exact) mass is 486 g/mol. The number of rotatable bonds is 3. The van der Waals surface area contributed by atoms with E-state index in [1.165, 1.54) is 38.1 Å². The van der Waals surface area contributed by atoms with Gasteiger partial charge in [0.2, 0.25) is 0 Å². The molecule has 0 bridgehead atoms. The van der Waals surface area contributed by atoms with E-state index in [0.717, 1.165) is 28.1 Å². The van der Waals surface area contributed by atoms with Crippen LogP contribution in [0.25, 0.3) is 66.2 Å². The second-order valence-corrected chi connectivity index (χ2v) is 9.56. The minimum absolute atomic E-state index is 0.728. The normalized spacial score (nSPS) is 11.7. The van der Waals surface area contributed by atoms with Crippen molar-refractivity contribution in [3.05, 3.63) is 134 Å². The molecule has 8 aromatic rings. The van der Waals surface area contributed by atoms with E-state index in [4.69, 9.17) is 9.97 Å². The van der Waals surface area contributed by atoms with Crippen LogP contribution in [0.15, 0.2) is 134 Å². The Kier molecular flexibility index (Phi) is 4.49. The van der Waals surface area contributed by atoms with Gasteiger partial charge in [-0.1, -0.05) is 78.9 Å². The highest BCUT2D eigenvalue weighted by molar-refractivity contribution is 6.25. The molecule has 0 atom stereocenters. The number of aromatic nitrogens is 4. The predicted molar refractivity (Wildman–Crippen MR) is 156 cm³/mol. The maximum absolute atomic E-state index is 4.72. The molecule has 0 aliphatic heterocycles. The molecule has 0 amide bonds. The molecule has 38 heavy (non-hydrogen) atoms. The molecule has 5 aromatic carbocycles. The van der Waals surface area contributed by atoms with Gasteiger partial charge < -0.3 is 9.13 Å². The van der Waals surface area contributed by atoms with Crippen LogP contribution in [0, 0.1) is 0 Å². The highest BCUT2D eigenvalue weighted by Crippen LogP contribution is 2.39. The van der Waals surface area contributed by atoms with Gasteiger partial charge in [-0.2, -0.15) is 0 Å². The smallest absolute Gasteiger partial charge is 0.159 e. The van der Waals surface area contributed by atoms with E-state index in [9.17, 15) is 0 Å². The number of hydrogen-bond acceptors (Lipinski definition) is 2. The maximum Gasteiger partial charge on any atom is 0.159 e. The molecule has 4 nitrogen and oxygen atoms in total. The molecule has 178 valence electrons. The molecule has 0 radical (unpaired) electrons. The summed E-state index contributed by atoms with van der Waals surface area (Å²) in [6.45, 7) is 0. The van der Waals surface area contributed by atoms with Crippen LogP contribution in [0.2, 0.25) is 0 Å². The predicted octanol–water partition coefficient (Wildman–Crippen LogP) is 8.34. The van der Waals surface area contributed by atoms with Gasteiger partial charge in [0.15, 0.2) is 5.82 Å². The second kappa shape index (κ2) is 8.15. The lowest BCUT2D eigenvalue weighted by Crippen LogP contribution is -1.97. The zero-order chi connectivity index (χ0) is 25.1. The Morgan fingerprint density at radius 1 is 0.447 bits per heavy atom. The third-order valence-corrected chi connectivity index (χ3v) is 7.47. The first-order valence-corrected chi connectivity index (χ1v) is 12.8. The van der Waals surface area contributed by atoms with Gasteiger partial charge in [0.25, 0.3) is 0 Å². The van der Waals surface area contributed by atoms with Gasteiger partial charge >= 0.3 is 0 Å². The summed E-state index contributed by atoms with van der Waals surface area (Å²) in [4.78, 5) is 9.44. The van der Waals surface area contributed by atoms with Crippen molar-refractivity contribution >= 4 is 43.5 Å². The largest absolute Gasteiger partial charge is 0.317 e. The van der Waals surface area contributed by atoms with Crippen LogP contribution in [-0.2, 0) is 0 Å². The van der Waals surface area contributed by atoms with Crippen LogP contribution in [-0.4, -0.2) is 19.1 Å². The lowest BCUT2D eigenvalue weighted by Gasteiger charge is -2.09. The average Bonchev–Trinajstić information content (AvgIpc) is 3.58.